The normalized spacial score (nSPS) is 12.1. The average Bonchev–Trinajstić information content (AvgIpc) is 2.47. The fourth-order valence-corrected chi connectivity index (χ4v) is 1.27. The van der Waals surface area contributed by atoms with Crippen molar-refractivity contribution in [3.05, 3.63) is 5.82 Å². The van der Waals surface area contributed by atoms with Crippen molar-refractivity contribution in [2.24, 2.45) is 0 Å². The lowest BCUT2D eigenvalue weighted by Crippen LogP contribution is -2.21. The van der Waals surface area contributed by atoms with Crippen molar-refractivity contribution in [1.82, 2.24) is 9.36 Å². The van der Waals surface area contributed by atoms with E-state index in [0.29, 0.717) is 11.0 Å². The number of anilines is 1. The van der Waals surface area contributed by atoms with Gasteiger partial charge in [0.15, 0.2) is 0 Å². The molecule has 0 saturated heterocycles. The molecule has 0 spiro atoms. The van der Waals surface area contributed by atoms with Gasteiger partial charge in [-0.25, -0.2) is 4.98 Å². The van der Waals surface area contributed by atoms with E-state index in [-0.39, 0.29) is 12.6 Å². The van der Waals surface area contributed by atoms with E-state index >= 15 is 0 Å². The summed E-state index contributed by atoms with van der Waals surface area (Å²) < 4.78 is 3.96. The maximum Gasteiger partial charge on any atom is 0.203 e. The van der Waals surface area contributed by atoms with E-state index in [1.165, 1.54) is 11.5 Å². The Morgan fingerprint density at radius 3 is 3.00 bits per heavy atom. The number of terminal acetylenes is 1. The van der Waals surface area contributed by atoms with Crippen molar-refractivity contribution in [2.75, 3.05) is 11.9 Å². The van der Waals surface area contributed by atoms with Crippen LogP contribution in [0.3, 0.4) is 0 Å². The number of aliphatic hydroxyl groups is 1. The highest BCUT2D eigenvalue weighted by Crippen LogP contribution is 2.10. The summed E-state index contributed by atoms with van der Waals surface area (Å²) in [4.78, 5) is 4.04. The molecule has 0 aliphatic heterocycles. The molecule has 0 aromatic carbocycles. The first kappa shape index (κ1) is 8.97. The van der Waals surface area contributed by atoms with Gasteiger partial charge in [0.2, 0.25) is 5.13 Å². The zero-order chi connectivity index (χ0) is 8.97. The van der Waals surface area contributed by atoms with Gasteiger partial charge in [-0.15, -0.1) is 6.42 Å². The summed E-state index contributed by atoms with van der Waals surface area (Å²) in [6, 6.07) is -0.377. The maximum absolute atomic E-state index is 8.75. The van der Waals surface area contributed by atoms with Crippen molar-refractivity contribution in [3.63, 3.8) is 0 Å². The molecule has 1 heterocycles. The van der Waals surface area contributed by atoms with Crippen LogP contribution in [0.25, 0.3) is 0 Å². The molecule has 1 aromatic rings. The molecule has 0 saturated carbocycles. The summed E-state index contributed by atoms with van der Waals surface area (Å²) >= 11 is 1.23. The Kier molecular flexibility index (Phi) is 3.02. The first-order chi connectivity index (χ1) is 5.76. The van der Waals surface area contributed by atoms with Gasteiger partial charge in [0.25, 0.3) is 0 Å². The van der Waals surface area contributed by atoms with Crippen LogP contribution in [0.1, 0.15) is 5.82 Å². The van der Waals surface area contributed by atoms with Crippen LogP contribution >= 0.6 is 11.5 Å². The summed E-state index contributed by atoms with van der Waals surface area (Å²) in [5, 5.41) is 12.2. The van der Waals surface area contributed by atoms with Crippen LogP contribution in [0.15, 0.2) is 0 Å². The fourth-order valence-electron chi connectivity index (χ4n) is 0.645. The number of hydrogen-bond donors (Lipinski definition) is 2. The highest BCUT2D eigenvalue weighted by atomic mass is 32.1. The second kappa shape index (κ2) is 4.04. The van der Waals surface area contributed by atoms with Gasteiger partial charge in [0, 0.05) is 11.5 Å². The first-order valence-electron chi connectivity index (χ1n) is 3.40. The standard InChI is InChI=1S/C7H9N3OS/c1-3-6(4-11)9-7-8-5(2)10-12-7/h1,6,11H,4H2,2H3,(H,8,9,10). The minimum atomic E-state index is -0.377. The van der Waals surface area contributed by atoms with Crippen LogP contribution in [0.4, 0.5) is 5.13 Å². The van der Waals surface area contributed by atoms with Crippen molar-refractivity contribution in [1.29, 1.82) is 0 Å². The highest BCUT2D eigenvalue weighted by Gasteiger charge is 2.05. The van der Waals surface area contributed by atoms with Crippen molar-refractivity contribution in [2.45, 2.75) is 13.0 Å². The molecule has 1 aromatic heterocycles. The van der Waals surface area contributed by atoms with Gasteiger partial charge < -0.3 is 10.4 Å². The molecule has 1 unspecified atom stereocenters. The minimum absolute atomic E-state index is 0.102. The lowest BCUT2D eigenvalue weighted by atomic mass is 10.3. The summed E-state index contributed by atoms with van der Waals surface area (Å²) in [5.41, 5.74) is 0. The van der Waals surface area contributed by atoms with E-state index in [2.05, 4.69) is 20.6 Å². The summed E-state index contributed by atoms with van der Waals surface area (Å²) in [6.45, 7) is 1.70. The van der Waals surface area contributed by atoms with Crippen LogP contribution in [0.5, 0.6) is 0 Å². The van der Waals surface area contributed by atoms with E-state index in [1.807, 2.05) is 0 Å². The molecule has 12 heavy (non-hydrogen) atoms. The molecule has 0 bridgehead atoms. The maximum atomic E-state index is 8.75. The van der Waals surface area contributed by atoms with Gasteiger partial charge in [0.05, 0.1) is 6.61 Å². The molecule has 0 radical (unpaired) electrons. The van der Waals surface area contributed by atoms with E-state index < -0.39 is 0 Å². The summed E-state index contributed by atoms with van der Waals surface area (Å²) in [7, 11) is 0. The SMILES string of the molecule is C#CC(CO)Nc1nc(C)ns1. The van der Waals surface area contributed by atoms with Gasteiger partial charge in [-0.1, -0.05) is 5.92 Å². The van der Waals surface area contributed by atoms with Crippen LogP contribution < -0.4 is 5.32 Å². The Morgan fingerprint density at radius 1 is 1.83 bits per heavy atom. The predicted molar refractivity (Wildman–Crippen MR) is 48.0 cm³/mol. The van der Waals surface area contributed by atoms with E-state index in [4.69, 9.17) is 11.5 Å². The van der Waals surface area contributed by atoms with Crippen LogP contribution in [0, 0.1) is 19.3 Å². The molecule has 1 atom stereocenters. The number of hydrogen-bond acceptors (Lipinski definition) is 5. The molecular formula is C7H9N3OS. The third-order valence-corrected chi connectivity index (χ3v) is 1.95. The van der Waals surface area contributed by atoms with Crippen molar-refractivity contribution >= 4 is 16.7 Å². The smallest absolute Gasteiger partial charge is 0.203 e. The van der Waals surface area contributed by atoms with E-state index in [1.54, 1.807) is 6.92 Å². The number of rotatable bonds is 3. The summed E-state index contributed by atoms with van der Waals surface area (Å²) in [6.07, 6.45) is 5.12. The number of nitrogens with zero attached hydrogens (tertiary/aromatic N) is 2. The topological polar surface area (TPSA) is 58.0 Å². The Balaban J connectivity index is 2.58. The van der Waals surface area contributed by atoms with Gasteiger partial charge in [0.1, 0.15) is 11.9 Å². The molecule has 4 nitrogen and oxygen atoms in total. The number of aryl methyl sites for hydroxylation is 1. The van der Waals surface area contributed by atoms with Gasteiger partial charge in [-0.2, -0.15) is 4.37 Å². The van der Waals surface area contributed by atoms with E-state index in [9.17, 15) is 0 Å². The Hall–Kier alpha value is -1.12. The first-order valence-corrected chi connectivity index (χ1v) is 4.17. The largest absolute Gasteiger partial charge is 0.393 e. The molecule has 0 aliphatic rings. The molecule has 0 amide bonds. The van der Waals surface area contributed by atoms with E-state index in [0.717, 1.165) is 0 Å². The summed E-state index contributed by atoms with van der Waals surface area (Å²) in [5.74, 6) is 3.09. The third kappa shape index (κ3) is 2.19. The lowest BCUT2D eigenvalue weighted by Gasteiger charge is -2.06. The van der Waals surface area contributed by atoms with Gasteiger partial charge >= 0.3 is 0 Å². The average molecular weight is 183 g/mol. The second-order valence-electron chi connectivity index (χ2n) is 2.19. The zero-order valence-corrected chi connectivity index (χ0v) is 7.43. The third-order valence-electron chi connectivity index (χ3n) is 1.21. The van der Waals surface area contributed by atoms with Crippen molar-refractivity contribution < 1.29 is 5.11 Å². The lowest BCUT2D eigenvalue weighted by molar-refractivity contribution is 0.293. The Labute approximate surface area is 74.8 Å². The quantitative estimate of drug-likeness (QED) is 0.660. The van der Waals surface area contributed by atoms with Gasteiger partial charge in [-0.3, -0.25) is 0 Å². The molecule has 64 valence electrons. The number of aliphatic hydroxyl groups excluding tert-OH is 1. The molecular weight excluding hydrogens is 174 g/mol. The zero-order valence-electron chi connectivity index (χ0n) is 6.61. The second-order valence-corrected chi connectivity index (χ2v) is 2.94. The molecule has 2 N–H and O–H groups in total. The Morgan fingerprint density at radius 2 is 2.58 bits per heavy atom. The highest BCUT2D eigenvalue weighted by molar-refractivity contribution is 7.09. The minimum Gasteiger partial charge on any atom is -0.393 e. The van der Waals surface area contributed by atoms with Crippen LogP contribution in [-0.2, 0) is 0 Å². The monoisotopic (exact) mass is 183 g/mol. The number of aromatic nitrogens is 2. The predicted octanol–water partition coefficient (Wildman–Crippen LogP) is 0.253. The van der Waals surface area contributed by atoms with Crippen molar-refractivity contribution in [3.8, 4) is 12.3 Å². The van der Waals surface area contributed by atoms with Crippen LogP contribution in [-0.4, -0.2) is 27.1 Å². The molecule has 0 fully saturated rings. The molecule has 1 rings (SSSR count). The van der Waals surface area contributed by atoms with Crippen LogP contribution in [0.2, 0.25) is 0 Å². The fraction of sp³-hybridized carbons (Fsp3) is 0.429. The molecule has 0 aliphatic carbocycles. The Bertz CT molecular complexity index is 291. The number of nitrogens with one attached hydrogen (secondary N) is 1. The van der Waals surface area contributed by atoms with Gasteiger partial charge in [-0.05, 0) is 6.92 Å². The molecule has 5 heteroatoms.